The first kappa shape index (κ1) is 9.48. The Hall–Kier alpha value is -1.52. The van der Waals surface area contributed by atoms with Gasteiger partial charge < -0.3 is 15.2 Å². The van der Waals surface area contributed by atoms with Crippen LogP contribution in [0.25, 0.3) is 0 Å². The molecule has 62 valence electrons. The van der Waals surface area contributed by atoms with E-state index < -0.39 is 5.97 Å². The van der Waals surface area contributed by atoms with Crippen LogP contribution in [0.15, 0.2) is 12.0 Å². The SMILES string of the molecule is CCOC(=O)/C(=C/O)NC=O. The second-order valence-electron chi connectivity index (χ2n) is 1.53. The van der Waals surface area contributed by atoms with Crippen LogP contribution in [0.2, 0.25) is 0 Å². The van der Waals surface area contributed by atoms with Gasteiger partial charge in [-0.05, 0) is 6.92 Å². The lowest BCUT2D eigenvalue weighted by molar-refractivity contribution is -0.139. The minimum absolute atomic E-state index is 0.191. The van der Waals surface area contributed by atoms with Crippen LogP contribution in [0.4, 0.5) is 0 Å². The molecule has 0 unspecified atom stereocenters. The van der Waals surface area contributed by atoms with E-state index >= 15 is 0 Å². The Bertz CT molecular complexity index is 175. The van der Waals surface area contributed by atoms with Crippen LogP contribution in [0.3, 0.4) is 0 Å². The van der Waals surface area contributed by atoms with Crippen molar-refractivity contribution in [3.8, 4) is 0 Å². The molecule has 0 atom stereocenters. The largest absolute Gasteiger partial charge is 0.513 e. The highest BCUT2D eigenvalue weighted by Crippen LogP contribution is 1.90. The van der Waals surface area contributed by atoms with E-state index in [0.717, 1.165) is 0 Å². The topological polar surface area (TPSA) is 75.6 Å². The maximum Gasteiger partial charge on any atom is 0.358 e. The Balaban J connectivity index is 4.04. The van der Waals surface area contributed by atoms with Gasteiger partial charge in [-0.3, -0.25) is 4.79 Å². The Kier molecular flexibility index (Phi) is 4.55. The fourth-order valence-electron chi connectivity index (χ4n) is 0.421. The van der Waals surface area contributed by atoms with Crippen LogP contribution in [0.1, 0.15) is 6.92 Å². The zero-order valence-corrected chi connectivity index (χ0v) is 6.03. The summed E-state index contributed by atoms with van der Waals surface area (Å²) in [7, 11) is 0. The molecular weight excluding hydrogens is 150 g/mol. The number of hydrogen-bond acceptors (Lipinski definition) is 4. The fourth-order valence-corrected chi connectivity index (χ4v) is 0.421. The average Bonchev–Trinajstić information content (AvgIpc) is 2.00. The van der Waals surface area contributed by atoms with Gasteiger partial charge in [0.15, 0.2) is 5.70 Å². The van der Waals surface area contributed by atoms with Crippen LogP contribution in [-0.4, -0.2) is 24.1 Å². The third kappa shape index (κ3) is 3.24. The van der Waals surface area contributed by atoms with Gasteiger partial charge in [-0.15, -0.1) is 0 Å². The zero-order chi connectivity index (χ0) is 8.69. The standard InChI is InChI=1S/C6H9NO4/c1-2-11-6(10)5(3-8)7-4-9/h3-4,8H,2H2,1H3,(H,7,9)/b5-3-. The lowest BCUT2D eigenvalue weighted by atomic mass is 10.5. The molecule has 5 nitrogen and oxygen atoms in total. The van der Waals surface area contributed by atoms with E-state index in [2.05, 4.69) is 4.74 Å². The van der Waals surface area contributed by atoms with Gasteiger partial charge in [-0.1, -0.05) is 0 Å². The van der Waals surface area contributed by atoms with Crippen LogP contribution in [0, 0.1) is 0 Å². The summed E-state index contributed by atoms with van der Waals surface area (Å²) in [5.41, 5.74) is -0.276. The van der Waals surface area contributed by atoms with Crippen molar-refractivity contribution in [1.29, 1.82) is 0 Å². The number of aliphatic hydroxyl groups is 1. The number of ether oxygens (including phenoxy) is 1. The predicted molar refractivity (Wildman–Crippen MR) is 36.5 cm³/mol. The van der Waals surface area contributed by atoms with Crippen LogP contribution in [0.5, 0.6) is 0 Å². The molecular formula is C6H9NO4. The molecule has 0 fully saturated rings. The minimum Gasteiger partial charge on any atom is -0.513 e. The summed E-state index contributed by atoms with van der Waals surface area (Å²) in [5, 5.41) is 10.3. The summed E-state index contributed by atoms with van der Waals surface area (Å²) >= 11 is 0. The predicted octanol–water partition coefficient (Wildman–Crippen LogP) is -0.305. The highest BCUT2D eigenvalue weighted by molar-refractivity contribution is 5.89. The molecule has 0 rings (SSSR count). The molecule has 11 heavy (non-hydrogen) atoms. The molecule has 0 heterocycles. The van der Waals surface area contributed by atoms with Gasteiger partial charge in [0.1, 0.15) is 6.26 Å². The highest BCUT2D eigenvalue weighted by Gasteiger charge is 2.08. The van der Waals surface area contributed by atoms with Crippen LogP contribution >= 0.6 is 0 Å². The molecule has 2 N–H and O–H groups in total. The summed E-state index contributed by atoms with van der Waals surface area (Å²) in [6.07, 6.45) is 0.755. The number of aliphatic hydroxyl groups excluding tert-OH is 1. The summed E-state index contributed by atoms with van der Waals surface area (Å²) in [6.45, 7) is 1.81. The van der Waals surface area contributed by atoms with Crippen molar-refractivity contribution >= 4 is 12.4 Å². The molecule has 0 spiro atoms. The smallest absolute Gasteiger partial charge is 0.358 e. The van der Waals surface area contributed by atoms with Gasteiger partial charge in [0.2, 0.25) is 6.41 Å². The first-order chi connectivity index (χ1) is 5.26. The Morgan fingerprint density at radius 3 is 2.73 bits per heavy atom. The molecule has 0 aromatic heterocycles. The van der Waals surface area contributed by atoms with Crippen molar-refractivity contribution in [2.24, 2.45) is 0 Å². The van der Waals surface area contributed by atoms with Gasteiger partial charge in [-0.25, -0.2) is 4.79 Å². The minimum atomic E-state index is -0.762. The monoisotopic (exact) mass is 159 g/mol. The van der Waals surface area contributed by atoms with Crippen LogP contribution in [-0.2, 0) is 14.3 Å². The van der Waals surface area contributed by atoms with Gasteiger partial charge in [-0.2, -0.15) is 0 Å². The number of nitrogens with one attached hydrogen (secondary N) is 1. The molecule has 0 radical (unpaired) electrons. The van der Waals surface area contributed by atoms with Crippen molar-refractivity contribution in [2.45, 2.75) is 6.92 Å². The summed E-state index contributed by atoms with van der Waals surface area (Å²) < 4.78 is 4.46. The summed E-state index contributed by atoms with van der Waals surface area (Å²) in [5.74, 6) is -0.762. The van der Waals surface area contributed by atoms with E-state index in [0.29, 0.717) is 6.26 Å². The molecule has 0 aromatic rings. The zero-order valence-electron chi connectivity index (χ0n) is 6.03. The normalized spacial score (nSPS) is 10.5. The number of carbonyl (C=O) groups is 2. The van der Waals surface area contributed by atoms with Crippen molar-refractivity contribution in [1.82, 2.24) is 5.32 Å². The molecule has 0 saturated carbocycles. The van der Waals surface area contributed by atoms with Crippen molar-refractivity contribution < 1.29 is 19.4 Å². The quantitative estimate of drug-likeness (QED) is 0.255. The van der Waals surface area contributed by atoms with E-state index in [4.69, 9.17) is 5.11 Å². The number of hydrogen-bond donors (Lipinski definition) is 2. The highest BCUT2D eigenvalue weighted by atomic mass is 16.5. The number of carbonyl (C=O) groups excluding carboxylic acids is 2. The first-order valence-corrected chi connectivity index (χ1v) is 2.98. The average molecular weight is 159 g/mol. The van der Waals surface area contributed by atoms with Gasteiger partial charge in [0.25, 0.3) is 0 Å². The number of rotatable bonds is 4. The number of esters is 1. The van der Waals surface area contributed by atoms with Crippen molar-refractivity contribution in [3.63, 3.8) is 0 Å². The Morgan fingerprint density at radius 2 is 2.36 bits per heavy atom. The molecule has 0 bridgehead atoms. The third-order valence-corrected chi connectivity index (χ3v) is 0.839. The van der Waals surface area contributed by atoms with E-state index in [1.54, 1.807) is 6.92 Å². The Labute approximate surface area is 63.7 Å². The summed E-state index contributed by atoms with van der Waals surface area (Å²) in [4.78, 5) is 20.5. The van der Waals surface area contributed by atoms with Crippen molar-refractivity contribution in [2.75, 3.05) is 6.61 Å². The van der Waals surface area contributed by atoms with E-state index in [9.17, 15) is 9.59 Å². The van der Waals surface area contributed by atoms with E-state index in [1.165, 1.54) is 0 Å². The molecule has 5 heteroatoms. The molecule has 0 aliphatic rings. The lowest BCUT2D eigenvalue weighted by Gasteiger charge is -2.01. The lowest BCUT2D eigenvalue weighted by Crippen LogP contribution is -2.20. The second-order valence-corrected chi connectivity index (χ2v) is 1.53. The maximum absolute atomic E-state index is 10.7. The Morgan fingerprint density at radius 1 is 1.73 bits per heavy atom. The van der Waals surface area contributed by atoms with Gasteiger partial charge in [0.05, 0.1) is 6.61 Å². The van der Waals surface area contributed by atoms with E-state index in [1.807, 2.05) is 5.32 Å². The first-order valence-electron chi connectivity index (χ1n) is 2.98. The maximum atomic E-state index is 10.7. The fraction of sp³-hybridized carbons (Fsp3) is 0.333. The van der Waals surface area contributed by atoms with E-state index in [-0.39, 0.29) is 18.7 Å². The molecule has 0 aromatic carbocycles. The van der Waals surface area contributed by atoms with Crippen molar-refractivity contribution in [3.05, 3.63) is 12.0 Å². The summed E-state index contributed by atoms with van der Waals surface area (Å²) in [6, 6.07) is 0. The molecule has 1 amide bonds. The molecule has 0 aliphatic carbocycles. The number of amides is 1. The third-order valence-electron chi connectivity index (χ3n) is 0.839. The van der Waals surface area contributed by atoms with Gasteiger partial charge in [0, 0.05) is 0 Å². The van der Waals surface area contributed by atoms with Gasteiger partial charge >= 0.3 is 5.97 Å². The van der Waals surface area contributed by atoms with Crippen LogP contribution < -0.4 is 5.32 Å². The second kappa shape index (κ2) is 5.28. The molecule has 0 saturated heterocycles. The molecule has 0 aliphatic heterocycles.